The highest BCUT2D eigenvalue weighted by molar-refractivity contribution is 7.92. The molecule has 0 saturated heterocycles. The molecule has 1 amide bonds. The van der Waals surface area contributed by atoms with Gasteiger partial charge in [-0.25, -0.2) is 8.42 Å². The monoisotopic (exact) mass is 362 g/mol. The first-order valence-corrected chi connectivity index (χ1v) is 9.27. The SMILES string of the molecule is CCNC(=O)c1ccc(C)c(N(C)S(=O)(=O)c2ccc(OC)cc2)c1. The quantitative estimate of drug-likeness (QED) is 0.857. The van der Waals surface area contributed by atoms with Crippen molar-refractivity contribution in [1.29, 1.82) is 0 Å². The van der Waals surface area contributed by atoms with Gasteiger partial charge in [0, 0.05) is 19.2 Å². The van der Waals surface area contributed by atoms with Crippen LogP contribution >= 0.6 is 0 Å². The van der Waals surface area contributed by atoms with Gasteiger partial charge < -0.3 is 10.1 Å². The fourth-order valence-corrected chi connectivity index (χ4v) is 3.64. The van der Waals surface area contributed by atoms with Crippen LogP contribution in [0.15, 0.2) is 47.4 Å². The zero-order chi connectivity index (χ0) is 18.6. The summed E-state index contributed by atoms with van der Waals surface area (Å²) in [6.07, 6.45) is 0. The molecule has 7 heteroatoms. The van der Waals surface area contributed by atoms with E-state index in [1.54, 1.807) is 37.3 Å². The Bertz CT molecular complexity index is 861. The maximum atomic E-state index is 12.9. The van der Waals surface area contributed by atoms with E-state index in [1.165, 1.54) is 30.6 Å². The van der Waals surface area contributed by atoms with E-state index in [1.807, 2.05) is 6.92 Å². The molecule has 134 valence electrons. The second-order valence-corrected chi connectivity index (χ2v) is 7.48. The molecule has 0 atom stereocenters. The predicted molar refractivity (Wildman–Crippen MR) is 97.8 cm³/mol. The van der Waals surface area contributed by atoms with Crippen LogP contribution in [-0.4, -0.2) is 35.0 Å². The highest BCUT2D eigenvalue weighted by Gasteiger charge is 2.23. The highest BCUT2D eigenvalue weighted by atomic mass is 32.2. The van der Waals surface area contributed by atoms with Gasteiger partial charge in [-0.1, -0.05) is 6.07 Å². The Morgan fingerprint density at radius 1 is 1.16 bits per heavy atom. The summed E-state index contributed by atoms with van der Waals surface area (Å²) in [4.78, 5) is 12.2. The average molecular weight is 362 g/mol. The molecule has 0 bridgehead atoms. The lowest BCUT2D eigenvalue weighted by molar-refractivity contribution is 0.0956. The van der Waals surface area contributed by atoms with Gasteiger partial charge in [0.25, 0.3) is 15.9 Å². The Balaban J connectivity index is 2.42. The fourth-order valence-electron chi connectivity index (χ4n) is 2.39. The number of rotatable bonds is 6. The van der Waals surface area contributed by atoms with E-state index in [0.29, 0.717) is 23.5 Å². The van der Waals surface area contributed by atoms with E-state index in [-0.39, 0.29) is 10.8 Å². The number of anilines is 1. The average Bonchev–Trinajstić information content (AvgIpc) is 2.61. The summed E-state index contributed by atoms with van der Waals surface area (Å²) in [6.45, 7) is 4.13. The molecular weight excluding hydrogens is 340 g/mol. The van der Waals surface area contributed by atoms with Gasteiger partial charge in [-0.3, -0.25) is 9.10 Å². The topological polar surface area (TPSA) is 75.7 Å². The van der Waals surface area contributed by atoms with Crippen molar-refractivity contribution in [2.24, 2.45) is 0 Å². The Morgan fingerprint density at radius 3 is 2.36 bits per heavy atom. The molecule has 1 N–H and O–H groups in total. The minimum atomic E-state index is -3.75. The van der Waals surface area contributed by atoms with Crippen LogP contribution in [0.4, 0.5) is 5.69 Å². The van der Waals surface area contributed by atoms with Gasteiger partial charge in [0.1, 0.15) is 5.75 Å². The first-order chi connectivity index (χ1) is 11.8. The lowest BCUT2D eigenvalue weighted by atomic mass is 10.1. The Hall–Kier alpha value is -2.54. The summed E-state index contributed by atoms with van der Waals surface area (Å²) in [7, 11) is -0.753. The Morgan fingerprint density at radius 2 is 1.80 bits per heavy atom. The van der Waals surface area contributed by atoms with Crippen molar-refractivity contribution in [3.63, 3.8) is 0 Å². The number of hydrogen-bond acceptors (Lipinski definition) is 4. The van der Waals surface area contributed by atoms with Crippen molar-refractivity contribution in [1.82, 2.24) is 5.32 Å². The van der Waals surface area contributed by atoms with Crippen LogP contribution in [0.25, 0.3) is 0 Å². The van der Waals surface area contributed by atoms with Gasteiger partial charge in [0.15, 0.2) is 0 Å². The third kappa shape index (κ3) is 3.93. The molecule has 0 fully saturated rings. The number of nitrogens with zero attached hydrogens (tertiary/aromatic N) is 1. The smallest absolute Gasteiger partial charge is 0.264 e. The maximum absolute atomic E-state index is 12.9. The van der Waals surface area contributed by atoms with Crippen molar-refractivity contribution in [3.05, 3.63) is 53.6 Å². The lowest BCUT2D eigenvalue weighted by Crippen LogP contribution is -2.28. The zero-order valence-electron chi connectivity index (χ0n) is 14.7. The Kier molecular flexibility index (Phi) is 5.69. The number of carbonyl (C=O) groups excluding carboxylic acids is 1. The minimum absolute atomic E-state index is 0.151. The molecule has 6 nitrogen and oxygen atoms in total. The predicted octanol–water partition coefficient (Wildman–Crippen LogP) is 2.58. The molecule has 0 heterocycles. The van der Waals surface area contributed by atoms with Crippen molar-refractivity contribution in [3.8, 4) is 5.75 Å². The van der Waals surface area contributed by atoms with Crippen LogP contribution in [-0.2, 0) is 10.0 Å². The van der Waals surface area contributed by atoms with E-state index >= 15 is 0 Å². The maximum Gasteiger partial charge on any atom is 0.264 e. The molecule has 2 aromatic carbocycles. The van der Waals surface area contributed by atoms with Gasteiger partial charge in [0.2, 0.25) is 0 Å². The summed E-state index contributed by atoms with van der Waals surface area (Å²) in [5, 5.41) is 2.71. The van der Waals surface area contributed by atoms with Gasteiger partial charge in [-0.15, -0.1) is 0 Å². The molecule has 0 saturated carbocycles. The summed E-state index contributed by atoms with van der Waals surface area (Å²) in [6, 6.07) is 11.2. The number of ether oxygens (including phenoxy) is 1. The molecule has 0 aromatic heterocycles. The summed E-state index contributed by atoms with van der Waals surface area (Å²) >= 11 is 0. The number of aryl methyl sites for hydroxylation is 1. The fraction of sp³-hybridized carbons (Fsp3) is 0.278. The van der Waals surface area contributed by atoms with Gasteiger partial charge in [0.05, 0.1) is 17.7 Å². The van der Waals surface area contributed by atoms with Gasteiger partial charge in [-0.05, 0) is 55.8 Å². The largest absolute Gasteiger partial charge is 0.497 e. The number of benzene rings is 2. The number of amides is 1. The van der Waals surface area contributed by atoms with E-state index < -0.39 is 10.0 Å². The third-order valence-corrected chi connectivity index (χ3v) is 5.65. The standard InChI is InChI=1S/C18H22N2O4S/c1-5-19-18(21)14-7-6-13(2)17(12-14)20(3)25(22,23)16-10-8-15(24-4)9-11-16/h6-12H,5H2,1-4H3,(H,19,21). The van der Waals surface area contributed by atoms with Crippen LogP contribution < -0.4 is 14.4 Å². The minimum Gasteiger partial charge on any atom is -0.497 e. The van der Waals surface area contributed by atoms with E-state index in [9.17, 15) is 13.2 Å². The molecule has 0 aliphatic heterocycles. The van der Waals surface area contributed by atoms with Crippen LogP contribution in [0.3, 0.4) is 0 Å². The van der Waals surface area contributed by atoms with Crippen molar-refractivity contribution in [2.45, 2.75) is 18.7 Å². The number of carbonyl (C=O) groups is 1. The summed E-state index contributed by atoms with van der Waals surface area (Å²) in [5.41, 5.74) is 1.63. The highest BCUT2D eigenvalue weighted by Crippen LogP contribution is 2.27. The van der Waals surface area contributed by atoms with Crippen molar-refractivity contribution >= 4 is 21.6 Å². The number of nitrogens with one attached hydrogen (secondary N) is 1. The van der Waals surface area contributed by atoms with Crippen molar-refractivity contribution in [2.75, 3.05) is 25.0 Å². The van der Waals surface area contributed by atoms with Crippen LogP contribution in [0.1, 0.15) is 22.8 Å². The zero-order valence-corrected chi connectivity index (χ0v) is 15.6. The van der Waals surface area contributed by atoms with E-state index in [0.717, 1.165) is 5.56 Å². The molecule has 2 rings (SSSR count). The molecule has 0 spiro atoms. The molecule has 0 radical (unpaired) electrons. The van der Waals surface area contributed by atoms with Crippen LogP contribution in [0, 0.1) is 6.92 Å². The second kappa shape index (κ2) is 7.57. The number of hydrogen-bond donors (Lipinski definition) is 1. The lowest BCUT2D eigenvalue weighted by Gasteiger charge is -2.22. The van der Waals surface area contributed by atoms with Crippen molar-refractivity contribution < 1.29 is 17.9 Å². The first-order valence-electron chi connectivity index (χ1n) is 7.83. The van der Waals surface area contributed by atoms with Crippen LogP contribution in [0.5, 0.6) is 5.75 Å². The normalized spacial score (nSPS) is 11.0. The number of methoxy groups -OCH3 is 1. The molecule has 2 aromatic rings. The molecule has 25 heavy (non-hydrogen) atoms. The molecule has 0 aliphatic rings. The molecular formula is C18H22N2O4S. The van der Waals surface area contributed by atoms with Crippen LogP contribution in [0.2, 0.25) is 0 Å². The van der Waals surface area contributed by atoms with Gasteiger partial charge >= 0.3 is 0 Å². The first kappa shape index (κ1) is 18.8. The summed E-state index contributed by atoms with van der Waals surface area (Å²) in [5.74, 6) is 0.343. The van der Waals surface area contributed by atoms with E-state index in [2.05, 4.69) is 5.32 Å². The molecule has 0 unspecified atom stereocenters. The number of sulfonamides is 1. The van der Waals surface area contributed by atoms with Gasteiger partial charge in [-0.2, -0.15) is 0 Å². The third-order valence-electron chi connectivity index (χ3n) is 3.87. The summed E-state index contributed by atoms with van der Waals surface area (Å²) < 4.78 is 32.0. The Labute approximate surface area is 148 Å². The second-order valence-electron chi connectivity index (χ2n) is 5.51. The molecule has 0 aliphatic carbocycles. The van der Waals surface area contributed by atoms with E-state index in [4.69, 9.17) is 4.74 Å².